The fraction of sp³-hybridized carbons (Fsp3) is 0.154. The summed E-state index contributed by atoms with van der Waals surface area (Å²) in [5.41, 5.74) is 8.28. The van der Waals surface area contributed by atoms with Gasteiger partial charge < -0.3 is 5.73 Å². The van der Waals surface area contributed by atoms with Crippen molar-refractivity contribution >= 4 is 27.9 Å². The van der Waals surface area contributed by atoms with Crippen LogP contribution in [0.1, 0.15) is 17.3 Å². The minimum Gasteiger partial charge on any atom is -0.324 e. The van der Waals surface area contributed by atoms with Crippen LogP contribution in [0.5, 0.6) is 0 Å². The van der Waals surface area contributed by atoms with Gasteiger partial charge in [0.1, 0.15) is 0 Å². The van der Waals surface area contributed by atoms with Gasteiger partial charge in [0.25, 0.3) is 0 Å². The van der Waals surface area contributed by atoms with E-state index in [-0.39, 0.29) is 6.04 Å². The quantitative estimate of drug-likeness (QED) is 0.798. The first-order valence-electron chi connectivity index (χ1n) is 5.64. The maximum atomic E-state index is 6.18. The lowest BCUT2D eigenvalue weighted by molar-refractivity contribution is 0.710. The molecule has 3 rings (SSSR count). The lowest BCUT2D eigenvalue weighted by Gasteiger charge is -2.10. The highest BCUT2D eigenvalue weighted by molar-refractivity contribution is 7.15. The molecule has 3 nitrogen and oxygen atoms in total. The first-order valence-corrected chi connectivity index (χ1v) is 6.90. The van der Waals surface area contributed by atoms with E-state index in [9.17, 15) is 0 Å². The Morgan fingerprint density at radius 2 is 2.11 bits per heavy atom. The minimum absolute atomic E-state index is 0.0492. The van der Waals surface area contributed by atoms with Crippen molar-refractivity contribution in [2.45, 2.75) is 12.5 Å². The lowest BCUT2D eigenvalue weighted by atomic mass is 10.0. The highest BCUT2D eigenvalue weighted by atomic mass is 35.5. The number of thiazole rings is 1. The molecule has 2 heterocycles. The highest BCUT2D eigenvalue weighted by Crippen LogP contribution is 2.19. The van der Waals surface area contributed by atoms with Crippen molar-refractivity contribution in [2.75, 3.05) is 0 Å². The van der Waals surface area contributed by atoms with Gasteiger partial charge in [-0.1, -0.05) is 23.7 Å². The summed E-state index contributed by atoms with van der Waals surface area (Å²) in [6.45, 7) is 0. The summed E-state index contributed by atoms with van der Waals surface area (Å²) in [6.07, 6.45) is 4.77. The van der Waals surface area contributed by atoms with E-state index in [1.54, 1.807) is 11.3 Å². The molecule has 0 radical (unpaired) electrons. The van der Waals surface area contributed by atoms with Gasteiger partial charge in [-0.2, -0.15) is 0 Å². The molecular formula is C13H12ClN3S. The van der Waals surface area contributed by atoms with Gasteiger partial charge in [-0.15, -0.1) is 11.3 Å². The van der Waals surface area contributed by atoms with Crippen LogP contribution in [0.15, 0.2) is 42.0 Å². The zero-order chi connectivity index (χ0) is 12.5. The van der Waals surface area contributed by atoms with Crippen LogP contribution in [-0.2, 0) is 6.42 Å². The lowest BCUT2D eigenvalue weighted by Crippen LogP contribution is -2.13. The molecule has 2 aromatic heterocycles. The maximum absolute atomic E-state index is 6.18. The molecule has 92 valence electrons. The number of halogens is 1. The molecule has 1 atom stereocenters. The van der Waals surface area contributed by atoms with Crippen LogP contribution >= 0.6 is 22.9 Å². The molecule has 0 aliphatic rings. The van der Waals surface area contributed by atoms with Crippen LogP contribution in [0.3, 0.4) is 0 Å². The smallest absolute Gasteiger partial charge is 0.193 e. The van der Waals surface area contributed by atoms with E-state index >= 15 is 0 Å². The van der Waals surface area contributed by atoms with Gasteiger partial charge >= 0.3 is 0 Å². The number of fused-ring (bicyclic) bond motifs is 1. The molecule has 0 spiro atoms. The SMILES string of the molecule is NC(Cc1cn2ccsc2n1)c1ccc(Cl)cc1. The molecule has 2 N–H and O–H groups in total. The number of benzene rings is 1. The van der Waals surface area contributed by atoms with Crippen LogP contribution in [-0.4, -0.2) is 9.38 Å². The normalized spacial score (nSPS) is 13.0. The monoisotopic (exact) mass is 277 g/mol. The summed E-state index contributed by atoms with van der Waals surface area (Å²) in [5.74, 6) is 0. The summed E-state index contributed by atoms with van der Waals surface area (Å²) in [6, 6.07) is 7.61. The van der Waals surface area contributed by atoms with E-state index < -0.39 is 0 Å². The largest absolute Gasteiger partial charge is 0.324 e. The Balaban J connectivity index is 1.79. The van der Waals surface area contributed by atoms with Crippen molar-refractivity contribution in [3.8, 4) is 0 Å². The van der Waals surface area contributed by atoms with Crippen LogP contribution in [0.25, 0.3) is 4.96 Å². The molecule has 0 fully saturated rings. The second kappa shape index (κ2) is 4.72. The second-order valence-corrected chi connectivity index (χ2v) is 5.50. The molecule has 18 heavy (non-hydrogen) atoms. The molecule has 0 amide bonds. The van der Waals surface area contributed by atoms with E-state index in [4.69, 9.17) is 17.3 Å². The van der Waals surface area contributed by atoms with Crippen LogP contribution in [0.2, 0.25) is 5.02 Å². The Kier molecular flexibility index (Phi) is 3.07. The van der Waals surface area contributed by atoms with E-state index in [1.165, 1.54) is 0 Å². The van der Waals surface area contributed by atoms with Gasteiger partial charge in [-0.25, -0.2) is 4.98 Å². The fourth-order valence-corrected chi connectivity index (χ4v) is 2.77. The number of aromatic nitrogens is 2. The third-order valence-corrected chi connectivity index (χ3v) is 3.89. The molecule has 0 aliphatic carbocycles. The van der Waals surface area contributed by atoms with Crippen molar-refractivity contribution in [3.63, 3.8) is 0 Å². The number of hydrogen-bond donors (Lipinski definition) is 1. The van der Waals surface area contributed by atoms with Crippen LogP contribution in [0, 0.1) is 0 Å². The van der Waals surface area contributed by atoms with Gasteiger partial charge in [0.05, 0.1) is 5.69 Å². The molecule has 1 aromatic carbocycles. The Labute approximate surface area is 114 Å². The number of hydrogen-bond acceptors (Lipinski definition) is 3. The van der Waals surface area contributed by atoms with Gasteiger partial charge in [-0.05, 0) is 17.7 Å². The number of imidazole rings is 1. The number of nitrogens with two attached hydrogens (primary N) is 1. The summed E-state index contributed by atoms with van der Waals surface area (Å²) in [7, 11) is 0. The Hall–Kier alpha value is -1.36. The minimum atomic E-state index is -0.0492. The average Bonchev–Trinajstić information content (AvgIpc) is 2.90. The zero-order valence-electron chi connectivity index (χ0n) is 9.58. The predicted octanol–water partition coefficient (Wildman–Crippen LogP) is 3.29. The number of rotatable bonds is 3. The topological polar surface area (TPSA) is 43.3 Å². The Bertz CT molecular complexity index is 628. The van der Waals surface area contributed by atoms with Crippen LogP contribution in [0.4, 0.5) is 0 Å². The summed E-state index contributed by atoms with van der Waals surface area (Å²) < 4.78 is 2.02. The first-order chi connectivity index (χ1) is 8.72. The highest BCUT2D eigenvalue weighted by Gasteiger charge is 2.10. The molecule has 3 aromatic rings. The Morgan fingerprint density at radius 1 is 1.33 bits per heavy atom. The molecule has 5 heteroatoms. The number of nitrogens with zero attached hydrogens (tertiary/aromatic N) is 2. The third kappa shape index (κ3) is 2.27. The van der Waals surface area contributed by atoms with E-state index in [1.807, 2.05) is 46.4 Å². The fourth-order valence-electron chi connectivity index (χ4n) is 1.93. The third-order valence-electron chi connectivity index (χ3n) is 2.87. The van der Waals surface area contributed by atoms with Gasteiger partial charge in [0.2, 0.25) is 0 Å². The molecule has 0 bridgehead atoms. The average molecular weight is 278 g/mol. The van der Waals surface area contributed by atoms with E-state index in [0.717, 1.165) is 27.7 Å². The van der Waals surface area contributed by atoms with Crippen molar-refractivity contribution < 1.29 is 0 Å². The van der Waals surface area contributed by atoms with Gasteiger partial charge in [-0.3, -0.25) is 4.40 Å². The van der Waals surface area contributed by atoms with Crippen molar-refractivity contribution in [1.82, 2.24) is 9.38 Å². The molecule has 0 saturated carbocycles. The molecular weight excluding hydrogens is 266 g/mol. The van der Waals surface area contributed by atoms with Crippen molar-refractivity contribution in [1.29, 1.82) is 0 Å². The maximum Gasteiger partial charge on any atom is 0.193 e. The molecule has 0 saturated heterocycles. The standard InChI is InChI=1S/C13H12ClN3S/c14-10-3-1-9(2-4-10)12(15)7-11-8-17-5-6-18-13(17)16-11/h1-6,8,12H,7,15H2. The Morgan fingerprint density at radius 3 is 2.83 bits per heavy atom. The van der Waals surface area contributed by atoms with Gasteiger partial charge in [0, 0.05) is 35.3 Å². The van der Waals surface area contributed by atoms with Crippen LogP contribution < -0.4 is 5.73 Å². The molecule has 1 unspecified atom stereocenters. The zero-order valence-corrected chi connectivity index (χ0v) is 11.2. The second-order valence-electron chi connectivity index (χ2n) is 4.19. The summed E-state index contributed by atoms with van der Waals surface area (Å²) in [5, 5.41) is 2.75. The van der Waals surface area contributed by atoms with Crippen molar-refractivity contribution in [3.05, 3.63) is 58.3 Å². The summed E-state index contributed by atoms with van der Waals surface area (Å²) in [4.78, 5) is 5.54. The van der Waals surface area contributed by atoms with E-state index in [2.05, 4.69) is 4.98 Å². The van der Waals surface area contributed by atoms with Crippen molar-refractivity contribution in [2.24, 2.45) is 5.73 Å². The molecule has 0 aliphatic heterocycles. The summed E-state index contributed by atoms with van der Waals surface area (Å²) >= 11 is 7.49. The van der Waals surface area contributed by atoms with E-state index in [0.29, 0.717) is 0 Å². The van der Waals surface area contributed by atoms with Gasteiger partial charge in [0.15, 0.2) is 4.96 Å². The first kappa shape index (κ1) is 11.7. The predicted molar refractivity (Wildman–Crippen MR) is 75.2 cm³/mol.